The Labute approximate surface area is 191 Å². The Hall–Kier alpha value is -1.90. The van der Waals surface area contributed by atoms with E-state index in [0.717, 1.165) is 31.8 Å². The first-order valence-electron chi connectivity index (χ1n) is 10.9. The number of benzene rings is 1. The molecule has 1 aromatic rings. The number of carbonyl (C=O) groups excluding carboxylic acids is 1. The summed E-state index contributed by atoms with van der Waals surface area (Å²) < 4.78 is 21.5. The molecule has 6 fully saturated rings. The Morgan fingerprint density at radius 1 is 0.969 bits per heavy atom. The molecule has 6 aliphatic heterocycles. The van der Waals surface area contributed by atoms with Crippen LogP contribution in [-0.4, -0.2) is 79.2 Å². The van der Waals surface area contributed by atoms with Crippen LogP contribution in [0.4, 0.5) is 9.50 Å². The second-order valence-electron chi connectivity index (χ2n) is 9.66. The molecular weight excluding hydrogens is 415 g/mol. The van der Waals surface area contributed by atoms with Gasteiger partial charge >= 0.3 is 6.09 Å². The van der Waals surface area contributed by atoms with E-state index in [4.69, 9.17) is 18.9 Å². The number of carbonyl (C=O) groups is 1. The molecule has 6 heterocycles. The van der Waals surface area contributed by atoms with Crippen molar-refractivity contribution < 1.29 is 28.4 Å². The van der Waals surface area contributed by atoms with E-state index >= 15 is 0 Å². The van der Waals surface area contributed by atoms with Crippen LogP contribution in [0.5, 0.6) is 5.75 Å². The van der Waals surface area contributed by atoms with Crippen molar-refractivity contribution in [3.05, 3.63) is 29.8 Å². The number of hydrogen-bond acceptors (Lipinski definition) is 6. The van der Waals surface area contributed by atoms with Gasteiger partial charge < -0.3 is 23.8 Å². The number of fused-ring (bicyclic) bond motifs is 4. The van der Waals surface area contributed by atoms with E-state index in [0.29, 0.717) is 25.3 Å². The number of halogens is 1. The van der Waals surface area contributed by atoms with E-state index in [1.807, 2.05) is 32.9 Å². The van der Waals surface area contributed by atoms with Crippen LogP contribution < -0.4 is 4.74 Å². The molecule has 0 radical (unpaired) electrons. The molecule has 4 bridgehead atoms. The minimum atomic E-state index is -0.403. The van der Waals surface area contributed by atoms with E-state index in [1.54, 1.807) is 12.0 Å². The third-order valence-electron chi connectivity index (χ3n) is 5.81. The molecule has 6 aliphatic rings. The molecule has 0 unspecified atom stereocenters. The molecule has 8 heteroatoms. The van der Waals surface area contributed by atoms with Crippen molar-refractivity contribution in [2.75, 3.05) is 33.3 Å². The van der Waals surface area contributed by atoms with Gasteiger partial charge in [-0.15, -0.1) is 0 Å². The lowest BCUT2D eigenvalue weighted by atomic mass is 9.98. The normalized spacial score (nSPS) is 27.8. The molecule has 0 aliphatic carbocycles. The Balaban J connectivity index is 0.000000215. The molecule has 182 valence electrons. The minimum Gasteiger partial charge on any atom is -0.497 e. The molecule has 1 amide bonds. The smallest absolute Gasteiger partial charge is 0.410 e. The predicted octanol–water partition coefficient (Wildman–Crippen LogP) is 3.85. The van der Waals surface area contributed by atoms with Crippen molar-refractivity contribution in [3.63, 3.8) is 0 Å². The second kappa shape index (κ2) is 10.8. The van der Waals surface area contributed by atoms with Crippen molar-refractivity contribution in [2.45, 2.75) is 77.6 Å². The van der Waals surface area contributed by atoms with Crippen LogP contribution in [0, 0.1) is 0 Å². The number of morpholine rings is 2. The van der Waals surface area contributed by atoms with Crippen molar-refractivity contribution in [1.82, 2.24) is 9.80 Å². The highest BCUT2D eigenvalue weighted by atomic mass is 19.0. The van der Waals surface area contributed by atoms with Crippen LogP contribution >= 0.6 is 0 Å². The van der Waals surface area contributed by atoms with E-state index in [-0.39, 0.29) is 30.4 Å². The Bertz CT molecular complexity index is 707. The second-order valence-corrected chi connectivity index (χ2v) is 9.66. The summed E-state index contributed by atoms with van der Waals surface area (Å²) in [4.78, 5) is 15.8. The first-order valence-corrected chi connectivity index (χ1v) is 10.9. The van der Waals surface area contributed by atoms with Crippen LogP contribution in [-0.2, 0) is 20.8 Å². The number of piperidine rings is 2. The average Bonchev–Trinajstić information content (AvgIpc) is 2.67. The van der Waals surface area contributed by atoms with Gasteiger partial charge in [0.25, 0.3) is 0 Å². The van der Waals surface area contributed by atoms with Crippen molar-refractivity contribution in [3.8, 4) is 5.75 Å². The third kappa shape index (κ3) is 6.80. The number of rotatable bonds is 3. The van der Waals surface area contributed by atoms with Gasteiger partial charge in [-0.05, 0) is 38.5 Å². The molecular formula is C24H39FN2O5. The third-order valence-corrected chi connectivity index (χ3v) is 5.81. The highest BCUT2D eigenvalue weighted by Crippen LogP contribution is 2.29. The van der Waals surface area contributed by atoms with Gasteiger partial charge in [0.05, 0.1) is 44.6 Å². The van der Waals surface area contributed by atoms with Crippen molar-refractivity contribution in [1.29, 1.82) is 0 Å². The van der Waals surface area contributed by atoms with E-state index in [9.17, 15) is 4.79 Å². The van der Waals surface area contributed by atoms with E-state index < -0.39 is 5.60 Å². The molecule has 7 nitrogen and oxygen atoms in total. The molecule has 32 heavy (non-hydrogen) atoms. The van der Waals surface area contributed by atoms with Gasteiger partial charge in [-0.1, -0.05) is 19.6 Å². The van der Waals surface area contributed by atoms with Crippen LogP contribution in [0.25, 0.3) is 0 Å². The standard InChI is InChI=1S/C13H17NO2.C10H17NO3.CH4.FH/c1-15-11-4-2-10(3-5-11)7-14-8-12-6-13(9-14)16-12;1-10(2,3)14-9(12)11-5-7-4-8(6-11)13-7;;/h2-5,12-13H,6-9H2,1H3;7-8H,4-6H2,1-3H3;1H4;1H/t12-,13+;7-,8+;;. The quantitative estimate of drug-likeness (QED) is 0.691. The number of nitrogens with zero attached hydrogens (tertiary/aromatic N) is 2. The van der Waals surface area contributed by atoms with Gasteiger partial charge in [0, 0.05) is 32.5 Å². The maximum absolute atomic E-state index is 11.6. The first-order chi connectivity index (χ1) is 14.3. The molecule has 6 saturated heterocycles. The van der Waals surface area contributed by atoms with Crippen LogP contribution in [0.3, 0.4) is 0 Å². The lowest BCUT2D eigenvalue weighted by molar-refractivity contribution is -0.182. The minimum absolute atomic E-state index is 0. The fourth-order valence-corrected chi connectivity index (χ4v) is 4.39. The molecule has 1 aromatic carbocycles. The zero-order valence-corrected chi connectivity index (χ0v) is 18.9. The summed E-state index contributed by atoms with van der Waals surface area (Å²) in [5, 5.41) is 0. The summed E-state index contributed by atoms with van der Waals surface area (Å²) in [5.41, 5.74) is 0.946. The average molecular weight is 455 g/mol. The van der Waals surface area contributed by atoms with Gasteiger partial charge in [-0.25, -0.2) is 4.79 Å². The fraction of sp³-hybridized carbons (Fsp3) is 0.708. The zero-order chi connectivity index (χ0) is 21.3. The topological polar surface area (TPSA) is 60.5 Å². The molecule has 0 saturated carbocycles. The van der Waals surface area contributed by atoms with Crippen LogP contribution in [0.2, 0.25) is 0 Å². The summed E-state index contributed by atoms with van der Waals surface area (Å²) in [5.74, 6) is 0.925. The summed E-state index contributed by atoms with van der Waals surface area (Å²) in [6.45, 7) is 10.2. The molecule has 0 spiro atoms. The van der Waals surface area contributed by atoms with Gasteiger partial charge in [0.15, 0.2) is 0 Å². The number of amides is 1. The number of hydrogen-bond donors (Lipinski definition) is 0. The van der Waals surface area contributed by atoms with Gasteiger partial charge in [-0.3, -0.25) is 9.60 Å². The van der Waals surface area contributed by atoms with Crippen molar-refractivity contribution >= 4 is 6.09 Å². The van der Waals surface area contributed by atoms with Gasteiger partial charge in [0.1, 0.15) is 11.4 Å². The Kier molecular flexibility index (Phi) is 8.90. The number of ether oxygens (including phenoxy) is 4. The van der Waals surface area contributed by atoms with Gasteiger partial charge in [0.2, 0.25) is 0 Å². The summed E-state index contributed by atoms with van der Waals surface area (Å²) >= 11 is 0. The largest absolute Gasteiger partial charge is 0.497 e. The van der Waals surface area contributed by atoms with E-state index in [2.05, 4.69) is 17.0 Å². The number of methoxy groups -OCH3 is 1. The zero-order valence-electron chi connectivity index (χ0n) is 18.9. The van der Waals surface area contributed by atoms with Crippen LogP contribution in [0.1, 0.15) is 46.6 Å². The van der Waals surface area contributed by atoms with Crippen LogP contribution in [0.15, 0.2) is 24.3 Å². The Morgan fingerprint density at radius 2 is 1.44 bits per heavy atom. The SMILES string of the molecule is C.CC(C)(C)OC(=O)N1C[C@H]2C[C@@H](C1)O2.COc1ccc(CN2C[C@H]3C[C@@H](C2)O3)cc1.F. The fourth-order valence-electron chi connectivity index (χ4n) is 4.39. The molecule has 7 rings (SSSR count). The Morgan fingerprint density at radius 3 is 1.88 bits per heavy atom. The molecule has 4 atom stereocenters. The summed E-state index contributed by atoms with van der Waals surface area (Å²) in [6, 6.07) is 8.33. The highest BCUT2D eigenvalue weighted by Gasteiger charge is 2.41. The lowest BCUT2D eigenvalue weighted by Gasteiger charge is -2.47. The first kappa shape index (κ1) is 26.4. The predicted molar refractivity (Wildman–Crippen MR) is 122 cm³/mol. The molecule has 0 aromatic heterocycles. The molecule has 0 N–H and O–H groups in total. The lowest BCUT2D eigenvalue weighted by Crippen LogP contribution is -2.59. The van der Waals surface area contributed by atoms with E-state index in [1.165, 1.54) is 12.0 Å². The van der Waals surface area contributed by atoms with Gasteiger partial charge in [-0.2, -0.15) is 0 Å². The maximum Gasteiger partial charge on any atom is 0.410 e. The summed E-state index contributed by atoms with van der Waals surface area (Å²) in [6.07, 6.45) is 3.64. The maximum atomic E-state index is 11.6. The summed E-state index contributed by atoms with van der Waals surface area (Å²) in [7, 11) is 1.70. The van der Waals surface area contributed by atoms with Crippen molar-refractivity contribution in [2.24, 2.45) is 0 Å². The highest BCUT2D eigenvalue weighted by molar-refractivity contribution is 5.68. The monoisotopic (exact) mass is 454 g/mol.